The van der Waals surface area contributed by atoms with Gasteiger partial charge in [-0.2, -0.15) is 5.10 Å². The largest absolute Gasteiger partial charge is 0.377 e. The van der Waals surface area contributed by atoms with Gasteiger partial charge in [-0.1, -0.05) is 18.5 Å². The lowest BCUT2D eigenvalue weighted by Crippen LogP contribution is -2.44. The first kappa shape index (κ1) is 15.8. The van der Waals surface area contributed by atoms with Crippen LogP contribution in [0, 0.1) is 6.92 Å². The van der Waals surface area contributed by atoms with Crippen molar-refractivity contribution in [2.45, 2.75) is 58.1 Å². The van der Waals surface area contributed by atoms with Gasteiger partial charge in [0.15, 0.2) is 0 Å². The van der Waals surface area contributed by atoms with E-state index < -0.39 is 0 Å². The minimum absolute atomic E-state index is 0.297. The first-order chi connectivity index (χ1) is 9.63. The van der Waals surface area contributed by atoms with Gasteiger partial charge in [-0.05, 0) is 45.6 Å². The molecular formula is C15H26ClN3O. The molecule has 1 aliphatic rings. The van der Waals surface area contributed by atoms with Crippen LogP contribution < -0.4 is 5.32 Å². The third-order valence-electron chi connectivity index (χ3n) is 4.01. The summed E-state index contributed by atoms with van der Waals surface area (Å²) in [5, 5.41) is 8.79. The van der Waals surface area contributed by atoms with Crippen molar-refractivity contribution >= 4 is 11.6 Å². The van der Waals surface area contributed by atoms with Crippen LogP contribution in [0.2, 0.25) is 5.15 Å². The Labute approximate surface area is 126 Å². The summed E-state index contributed by atoms with van der Waals surface area (Å²) in [6.07, 6.45) is 5.90. The van der Waals surface area contributed by atoms with Crippen molar-refractivity contribution in [2.75, 3.05) is 13.2 Å². The van der Waals surface area contributed by atoms with E-state index in [1.807, 2.05) is 14.0 Å². The van der Waals surface area contributed by atoms with Gasteiger partial charge in [-0.15, -0.1) is 0 Å². The van der Waals surface area contributed by atoms with Crippen molar-refractivity contribution in [3.63, 3.8) is 0 Å². The molecule has 2 heterocycles. The van der Waals surface area contributed by atoms with E-state index in [0.717, 1.165) is 48.8 Å². The van der Waals surface area contributed by atoms with Gasteiger partial charge in [-0.3, -0.25) is 4.68 Å². The maximum Gasteiger partial charge on any atom is 0.130 e. The van der Waals surface area contributed by atoms with Crippen LogP contribution in [-0.4, -0.2) is 35.1 Å². The molecule has 2 unspecified atom stereocenters. The number of hydrogen-bond donors (Lipinski definition) is 1. The highest BCUT2D eigenvalue weighted by Gasteiger charge is 2.26. The second-order valence-corrected chi connectivity index (χ2v) is 6.01. The number of hydrogen-bond acceptors (Lipinski definition) is 3. The Morgan fingerprint density at radius 3 is 2.85 bits per heavy atom. The molecule has 4 nitrogen and oxygen atoms in total. The van der Waals surface area contributed by atoms with Gasteiger partial charge in [0.2, 0.25) is 0 Å². The van der Waals surface area contributed by atoms with Crippen molar-refractivity contribution < 1.29 is 4.74 Å². The van der Waals surface area contributed by atoms with Crippen molar-refractivity contribution in [2.24, 2.45) is 7.05 Å². The van der Waals surface area contributed by atoms with Crippen LogP contribution in [-0.2, 0) is 18.2 Å². The van der Waals surface area contributed by atoms with Crippen LogP contribution in [0.5, 0.6) is 0 Å². The highest BCUT2D eigenvalue weighted by molar-refractivity contribution is 6.30. The summed E-state index contributed by atoms with van der Waals surface area (Å²) in [5.74, 6) is 0. The zero-order chi connectivity index (χ0) is 14.5. The van der Waals surface area contributed by atoms with Gasteiger partial charge in [0.1, 0.15) is 5.15 Å². The SMILES string of the molecule is CCCNC(Cc1c(C)nn(C)c1Cl)C1CCCCO1. The number of nitrogens with zero attached hydrogens (tertiary/aromatic N) is 2. The molecule has 5 heteroatoms. The van der Waals surface area contributed by atoms with Gasteiger partial charge < -0.3 is 10.1 Å². The van der Waals surface area contributed by atoms with Crippen molar-refractivity contribution in [1.29, 1.82) is 0 Å². The molecule has 0 bridgehead atoms. The second kappa shape index (κ2) is 7.43. The van der Waals surface area contributed by atoms with Crippen LogP contribution in [0.3, 0.4) is 0 Å². The number of halogens is 1. The average Bonchev–Trinajstić information content (AvgIpc) is 2.70. The summed E-state index contributed by atoms with van der Waals surface area (Å²) in [5.41, 5.74) is 2.17. The third-order valence-corrected chi connectivity index (χ3v) is 4.49. The smallest absolute Gasteiger partial charge is 0.130 e. The third kappa shape index (κ3) is 3.74. The Kier molecular flexibility index (Phi) is 5.87. The summed E-state index contributed by atoms with van der Waals surface area (Å²) in [7, 11) is 1.89. The highest BCUT2D eigenvalue weighted by Crippen LogP contribution is 2.24. The molecule has 20 heavy (non-hydrogen) atoms. The first-order valence-electron chi connectivity index (χ1n) is 7.66. The monoisotopic (exact) mass is 299 g/mol. The van der Waals surface area contributed by atoms with Crippen molar-refractivity contribution in [3.8, 4) is 0 Å². The number of nitrogens with one attached hydrogen (secondary N) is 1. The van der Waals surface area contributed by atoms with Crippen LogP contribution in [0.4, 0.5) is 0 Å². The molecule has 1 saturated heterocycles. The van der Waals surface area contributed by atoms with Gasteiger partial charge in [0, 0.05) is 25.3 Å². The topological polar surface area (TPSA) is 39.1 Å². The Hall–Kier alpha value is -0.580. The molecule has 1 N–H and O–H groups in total. The van der Waals surface area contributed by atoms with Gasteiger partial charge in [0.05, 0.1) is 11.8 Å². The van der Waals surface area contributed by atoms with Crippen LogP contribution in [0.25, 0.3) is 0 Å². The first-order valence-corrected chi connectivity index (χ1v) is 8.04. The van der Waals surface area contributed by atoms with E-state index in [0.29, 0.717) is 12.1 Å². The minimum Gasteiger partial charge on any atom is -0.377 e. The zero-order valence-electron chi connectivity index (χ0n) is 12.8. The number of aryl methyl sites for hydroxylation is 2. The average molecular weight is 300 g/mol. The number of aromatic nitrogens is 2. The van der Waals surface area contributed by atoms with E-state index in [-0.39, 0.29) is 0 Å². The second-order valence-electron chi connectivity index (χ2n) is 5.65. The number of ether oxygens (including phenoxy) is 1. The van der Waals surface area contributed by atoms with Gasteiger partial charge in [0.25, 0.3) is 0 Å². The van der Waals surface area contributed by atoms with Gasteiger partial charge in [-0.25, -0.2) is 0 Å². The van der Waals surface area contributed by atoms with Crippen LogP contribution in [0.15, 0.2) is 0 Å². The molecule has 0 spiro atoms. The summed E-state index contributed by atoms with van der Waals surface area (Å²) in [4.78, 5) is 0. The number of rotatable bonds is 6. The van der Waals surface area contributed by atoms with Crippen LogP contribution in [0.1, 0.15) is 43.9 Å². The zero-order valence-corrected chi connectivity index (χ0v) is 13.5. The highest BCUT2D eigenvalue weighted by atomic mass is 35.5. The Morgan fingerprint density at radius 2 is 2.30 bits per heavy atom. The van der Waals surface area contributed by atoms with E-state index in [4.69, 9.17) is 16.3 Å². The Morgan fingerprint density at radius 1 is 1.50 bits per heavy atom. The molecule has 1 fully saturated rings. The summed E-state index contributed by atoms with van der Waals surface area (Å²) >= 11 is 6.36. The van der Waals surface area contributed by atoms with Crippen molar-refractivity contribution in [1.82, 2.24) is 15.1 Å². The lowest BCUT2D eigenvalue weighted by atomic mass is 9.96. The molecule has 0 radical (unpaired) electrons. The molecule has 2 atom stereocenters. The maximum atomic E-state index is 6.36. The standard InChI is InChI=1S/C15H26ClN3O/c1-4-8-17-13(14-7-5-6-9-20-14)10-12-11(2)18-19(3)15(12)16/h13-14,17H,4-10H2,1-3H3. The lowest BCUT2D eigenvalue weighted by Gasteiger charge is -2.31. The molecule has 2 rings (SSSR count). The fourth-order valence-electron chi connectivity index (χ4n) is 2.87. The predicted molar refractivity (Wildman–Crippen MR) is 82.3 cm³/mol. The van der Waals surface area contributed by atoms with E-state index in [2.05, 4.69) is 17.3 Å². The van der Waals surface area contributed by atoms with Gasteiger partial charge >= 0.3 is 0 Å². The summed E-state index contributed by atoms with van der Waals surface area (Å²) in [6, 6.07) is 0.329. The quantitative estimate of drug-likeness (QED) is 0.878. The molecule has 0 aliphatic carbocycles. The molecule has 0 aromatic carbocycles. The molecule has 1 aromatic rings. The summed E-state index contributed by atoms with van der Waals surface area (Å²) in [6.45, 7) is 6.12. The van der Waals surface area contributed by atoms with Crippen molar-refractivity contribution in [3.05, 3.63) is 16.4 Å². The molecule has 1 aromatic heterocycles. The van der Waals surface area contributed by atoms with E-state index in [1.165, 1.54) is 12.8 Å². The van der Waals surface area contributed by atoms with E-state index in [1.54, 1.807) is 4.68 Å². The molecule has 1 aliphatic heterocycles. The fraction of sp³-hybridized carbons (Fsp3) is 0.800. The van der Waals surface area contributed by atoms with Crippen LogP contribution >= 0.6 is 11.6 Å². The Bertz CT molecular complexity index is 427. The predicted octanol–water partition coefficient (Wildman–Crippen LogP) is 2.86. The molecule has 114 valence electrons. The molecule has 0 saturated carbocycles. The lowest BCUT2D eigenvalue weighted by molar-refractivity contribution is -0.00739. The maximum absolute atomic E-state index is 6.36. The molecule has 0 amide bonds. The molecular weight excluding hydrogens is 274 g/mol. The fourth-order valence-corrected chi connectivity index (χ4v) is 3.13. The Balaban J connectivity index is 2.09. The van der Waals surface area contributed by atoms with E-state index in [9.17, 15) is 0 Å². The van der Waals surface area contributed by atoms with E-state index >= 15 is 0 Å². The minimum atomic E-state index is 0.297. The normalized spacial score (nSPS) is 21.1. The summed E-state index contributed by atoms with van der Waals surface area (Å²) < 4.78 is 7.72.